The molecule has 1 rings (SSSR count). The van der Waals surface area contributed by atoms with E-state index in [0.717, 1.165) is 5.56 Å². The Kier molecular flexibility index (Phi) is 5.12. The lowest BCUT2D eigenvalue weighted by Gasteiger charge is -2.25. The molecule has 110 valence electrons. The highest BCUT2D eigenvalue weighted by Crippen LogP contribution is 2.24. The predicted molar refractivity (Wildman–Crippen MR) is 82.7 cm³/mol. The number of rotatable bonds is 4. The normalized spacial score (nSPS) is 14.5. The lowest BCUT2D eigenvalue weighted by molar-refractivity contribution is -0.156. The minimum Gasteiger partial charge on any atom is -0.459 e. The standard InChI is InChI=1S/C17H25NO2/c1-7-14(13-9-8-11(2)12(3)10-13)15(18)16(19)20-17(4,5)6/h7-10,14-15H,1,18H2,2-6H3/t14-,15-/m0/s1. The predicted octanol–water partition coefficient (Wildman–Crippen LogP) is 3.24. The van der Waals surface area contributed by atoms with Crippen LogP contribution in [0.3, 0.4) is 0 Å². The Morgan fingerprint density at radius 3 is 2.35 bits per heavy atom. The van der Waals surface area contributed by atoms with Crippen molar-refractivity contribution in [3.63, 3.8) is 0 Å². The number of nitrogens with two attached hydrogens (primary N) is 1. The maximum Gasteiger partial charge on any atom is 0.324 e. The van der Waals surface area contributed by atoms with Gasteiger partial charge in [-0.2, -0.15) is 0 Å². The van der Waals surface area contributed by atoms with Gasteiger partial charge in [0.05, 0.1) is 0 Å². The average molecular weight is 275 g/mol. The Balaban J connectivity index is 2.97. The lowest BCUT2D eigenvalue weighted by atomic mass is 9.90. The number of carbonyl (C=O) groups excluding carboxylic acids is 1. The van der Waals surface area contributed by atoms with E-state index in [0.29, 0.717) is 0 Å². The van der Waals surface area contributed by atoms with Gasteiger partial charge in [-0.1, -0.05) is 24.3 Å². The Morgan fingerprint density at radius 2 is 1.90 bits per heavy atom. The topological polar surface area (TPSA) is 52.3 Å². The first-order chi connectivity index (χ1) is 9.15. The summed E-state index contributed by atoms with van der Waals surface area (Å²) in [5.74, 6) is -0.648. The number of benzene rings is 1. The number of hydrogen-bond donors (Lipinski definition) is 1. The number of aryl methyl sites for hydroxylation is 2. The van der Waals surface area contributed by atoms with Crippen LogP contribution in [0.25, 0.3) is 0 Å². The zero-order chi connectivity index (χ0) is 15.5. The van der Waals surface area contributed by atoms with Crippen molar-refractivity contribution in [2.75, 3.05) is 0 Å². The molecule has 0 aliphatic rings. The maximum atomic E-state index is 12.1. The molecule has 0 spiro atoms. The van der Waals surface area contributed by atoms with Gasteiger partial charge in [-0.15, -0.1) is 6.58 Å². The summed E-state index contributed by atoms with van der Waals surface area (Å²) in [7, 11) is 0. The quantitative estimate of drug-likeness (QED) is 0.678. The molecule has 0 aliphatic carbocycles. The zero-order valence-electron chi connectivity index (χ0n) is 13.1. The molecule has 20 heavy (non-hydrogen) atoms. The third-order valence-electron chi connectivity index (χ3n) is 3.24. The van der Waals surface area contributed by atoms with E-state index in [9.17, 15) is 4.79 Å². The summed E-state index contributed by atoms with van der Waals surface area (Å²) in [6, 6.07) is 5.32. The second-order valence-electron chi connectivity index (χ2n) is 6.16. The van der Waals surface area contributed by atoms with Gasteiger partial charge in [-0.05, 0) is 51.3 Å². The molecule has 0 heterocycles. The van der Waals surface area contributed by atoms with Crippen molar-refractivity contribution in [2.45, 2.75) is 52.2 Å². The summed E-state index contributed by atoms with van der Waals surface area (Å²) < 4.78 is 5.35. The Bertz CT molecular complexity index is 500. The van der Waals surface area contributed by atoms with Gasteiger partial charge in [0, 0.05) is 5.92 Å². The van der Waals surface area contributed by atoms with Gasteiger partial charge in [0.2, 0.25) is 0 Å². The highest BCUT2D eigenvalue weighted by molar-refractivity contribution is 5.77. The van der Waals surface area contributed by atoms with E-state index in [1.165, 1.54) is 11.1 Å². The van der Waals surface area contributed by atoms with Crippen LogP contribution in [-0.4, -0.2) is 17.6 Å². The second kappa shape index (κ2) is 6.23. The third-order valence-corrected chi connectivity index (χ3v) is 3.24. The van der Waals surface area contributed by atoms with Crippen molar-refractivity contribution >= 4 is 5.97 Å². The minimum atomic E-state index is -0.742. The molecule has 0 amide bonds. The first-order valence-electron chi connectivity index (χ1n) is 6.84. The molecule has 2 atom stereocenters. The van der Waals surface area contributed by atoms with Crippen LogP contribution >= 0.6 is 0 Å². The number of carbonyl (C=O) groups is 1. The molecular formula is C17H25NO2. The largest absolute Gasteiger partial charge is 0.459 e. The summed E-state index contributed by atoms with van der Waals surface area (Å²) in [6.07, 6.45) is 1.71. The fourth-order valence-electron chi connectivity index (χ4n) is 1.98. The van der Waals surface area contributed by atoms with Gasteiger partial charge < -0.3 is 10.5 Å². The fraction of sp³-hybridized carbons (Fsp3) is 0.471. The monoisotopic (exact) mass is 275 g/mol. The van der Waals surface area contributed by atoms with E-state index in [1.54, 1.807) is 6.08 Å². The molecular weight excluding hydrogens is 250 g/mol. The van der Waals surface area contributed by atoms with Crippen LogP contribution in [0.2, 0.25) is 0 Å². The number of ether oxygens (including phenoxy) is 1. The van der Waals surface area contributed by atoms with Gasteiger partial charge in [-0.3, -0.25) is 4.79 Å². The van der Waals surface area contributed by atoms with Crippen molar-refractivity contribution in [1.29, 1.82) is 0 Å². The summed E-state index contributed by atoms with van der Waals surface area (Å²) in [5.41, 5.74) is 8.89. The molecule has 0 saturated heterocycles. The van der Waals surface area contributed by atoms with Crippen LogP contribution < -0.4 is 5.73 Å². The molecule has 0 unspecified atom stereocenters. The van der Waals surface area contributed by atoms with Gasteiger partial charge in [-0.25, -0.2) is 0 Å². The number of esters is 1. The average Bonchev–Trinajstić information content (AvgIpc) is 2.32. The minimum absolute atomic E-state index is 0.246. The van der Waals surface area contributed by atoms with Crippen LogP contribution in [0, 0.1) is 13.8 Å². The summed E-state index contributed by atoms with van der Waals surface area (Å²) >= 11 is 0. The van der Waals surface area contributed by atoms with Crippen LogP contribution in [0.5, 0.6) is 0 Å². The van der Waals surface area contributed by atoms with Gasteiger partial charge in [0.25, 0.3) is 0 Å². The van der Waals surface area contributed by atoms with E-state index < -0.39 is 17.6 Å². The highest BCUT2D eigenvalue weighted by Gasteiger charge is 2.28. The maximum absolute atomic E-state index is 12.1. The zero-order valence-corrected chi connectivity index (χ0v) is 13.1. The molecule has 0 aliphatic heterocycles. The molecule has 0 radical (unpaired) electrons. The smallest absolute Gasteiger partial charge is 0.324 e. The molecule has 3 nitrogen and oxygen atoms in total. The molecule has 0 fully saturated rings. The SMILES string of the molecule is C=C[C@@H](c1ccc(C)c(C)c1)[C@H](N)C(=O)OC(C)(C)C. The van der Waals surface area contributed by atoms with Crippen LogP contribution in [0.4, 0.5) is 0 Å². The van der Waals surface area contributed by atoms with E-state index in [1.807, 2.05) is 45.9 Å². The second-order valence-corrected chi connectivity index (χ2v) is 6.16. The van der Waals surface area contributed by atoms with Gasteiger partial charge >= 0.3 is 5.97 Å². The Morgan fingerprint density at radius 1 is 1.30 bits per heavy atom. The van der Waals surface area contributed by atoms with Crippen LogP contribution in [-0.2, 0) is 9.53 Å². The third kappa shape index (κ3) is 4.20. The summed E-state index contributed by atoms with van der Waals surface area (Å²) in [5, 5.41) is 0. The Labute approximate surface area is 121 Å². The van der Waals surface area contributed by atoms with Gasteiger partial charge in [0.15, 0.2) is 0 Å². The van der Waals surface area contributed by atoms with Crippen molar-refractivity contribution in [3.8, 4) is 0 Å². The Hall–Kier alpha value is -1.61. The van der Waals surface area contributed by atoms with E-state index in [2.05, 4.69) is 13.5 Å². The molecule has 1 aromatic rings. The van der Waals surface area contributed by atoms with Crippen molar-refractivity contribution in [1.82, 2.24) is 0 Å². The van der Waals surface area contributed by atoms with E-state index in [4.69, 9.17) is 10.5 Å². The van der Waals surface area contributed by atoms with Gasteiger partial charge in [0.1, 0.15) is 11.6 Å². The molecule has 0 saturated carbocycles. The first kappa shape index (κ1) is 16.4. The summed E-state index contributed by atoms with van der Waals surface area (Å²) in [6.45, 7) is 13.4. The van der Waals surface area contributed by atoms with Crippen LogP contribution in [0.15, 0.2) is 30.9 Å². The van der Waals surface area contributed by atoms with Crippen molar-refractivity contribution in [3.05, 3.63) is 47.5 Å². The highest BCUT2D eigenvalue weighted by atomic mass is 16.6. The fourth-order valence-corrected chi connectivity index (χ4v) is 1.98. The molecule has 1 aromatic carbocycles. The lowest BCUT2D eigenvalue weighted by Crippen LogP contribution is -2.41. The van der Waals surface area contributed by atoms with E-state index in [-0.39, 0.29) is 5.92 Å². The van der Waals surface area contributed by atoms with Crippen molar-refractivity contribution in [2.24, 2.45) is 5.73 Å². The molecule has 0 aromatic heterocycles. The number of hydrogen-bond acceptors (Lipinski definition) is 3. The first-order valence-corrected chi connectivity index (χ1v) is 6.84. The van der Waals surface area contributed by atoms with E-state index >= 15 is 0 Å². The summed E-state index contributed by atoms with van der Waals surface area (Å²) in [4.78, 5) is 12.1. The molecule has 2 N–H and O–H groups in total. The molecule has 3 heteroatoms. The van der Waals surface area contributed by atoms with Crippen molar-refractivity contribution < 1.29 is 9.53 Å². The van der Waals surface area contributed by atoms with Crippen LogP contribution in [0.1, 0.15) is 43.4 Å². The molecule has 0 bridgehead atoms.